The zero-order valence-corrected chi connectivity index (χ0v) is 27.6. The van der Waals surface area contributed by atoms with Gasteiger partial charge in [0.15, 0.2) is 0 Å². The maximum atomic E-state index is 11.5. The van der Waals surface area contributed by atoms with Gasteiger partial charge in [0.25, 0.3) is 0 Å². The van der Waals surface area contributed by atoms with Crippen molar-refractivity contribution in [3.8, 4) is 0 Å². The molecule has 0 unspecified atom stereocenters. The minimum atomic E-state index is -0.878. The predicted molar refractivity (Wildman–Crippen MR) is 166 cm³/mol. The van der Waals surface area contributed by atoms with Gasteiger partial charge in [-0.25, -0.2) is 9.97 Å². The summed E-state index contributed by atoms with van der Waals surface area (Å²) >= 11 is 0. The van der Waals surface area contributed by atoms with Gasteiger partial charge in [-0.3, -0.25) is 9.59 Å². The maximum Gasteiger partial charge on any atom is 2.00 e. The van der Waals surface area contributed by atoms with Crippen LogP contribution in [0.1, 0.15) is 98.4 Å². The summed E-state index contributed by atoms with van der Waals surface area (Å²) in [6.45, 7) is 12.3. The van der Waals surface area contributed by atoms with Gasteiger partial charge in [-0.15, -0.1) is 22.1 Å². The number of carboxylic acids is 2. The fourth-order valence-electron chi connectivity index (χ4n) is 6.06. The van der Waals surface area contributed by atoms with E-state index in [2.05, 4.69) is 33.8 Å². The third-order valence-corrected chi connectivity index (χ3v) is 8.53. The number of rotatable bonds is 8. The van der Waals surface area contributed by atoms with Crippen LogP contribution in [-0.4, -0.2) is 32.1 Å². The van der Waals surface area contributed by atoms with Crippen LogP contribution < -0.4 is 9.97 Å². The first-order valence-electron chi connectivity index (χ1n) is 14.5. The minimum absolute atomic E-state index is 0. The molecule has 43 heavy (non-hydrogen) atoms. The van der Waals surface area contributed by atoms with E-state index in [0.717, 1.165) is 85.6 Å². The molecule has 226 valence electrons. The van der Waals surface area contributed by atoms with Crippen molar-refractivity contribution in [2.45, 2.75) is 80.1 Å². The van der Waals surface area contributed by atoms with E-state index in [-0.39, 0.29) is 33.9 Å². The monoisotopic (exact) mass is 759 g/mol. The zero-order chi connectivity index (χ0) is 30.3. The van der Waals surface area contributed by atoms with Crippen LogP contribution in [0.15, 0.2) is 24.3 Å². The number of hydrogen-bond donors (Lipinski definition) is 2. The summed E-state index contributed by atoms with van der Waals surface area (Å²) in [7, 11) is 0. The van der Waals surface area contributed by atoms with Crippen LogP contribution >= 0.6 is 0 Å². The Labute approximate surface area is 265 Å². The van der Waals surface area contributed by atoms with Crippen molar-refractivity contribution in [3.05, 3.63) is 69.3 Å². The van der Waals surface area contributed by atoms with E-state index < -0.39 is 11.9 Å². The fraction of sp³-hybridized carbons (Fsp3) is 0.353. The van der Waals surface area contributed by atoms with Crippen LogP contribution in [0.3, 0.4) is 0 Å². The molecule has 2 aliphatic heterocycles. The molecule has 8 nitrogen and oxygen atoms in total. The number of aliphatic carboxylic acids is 2. The molecule has 5 heterocycles. The Hall–Kier alpha value is -3.77. The van der Waals surface area contributed by atoms with Crippen LogP contribution in [0.25, 0.3) is 44.4 Å². The van der Waals surface area contributed by atoms with Crippen LogP contribution in [0.2, 0.25) is 0 Å². The molecule has 8 bridgehead atoms. The summed E-state index contributed by atoms with van der Waals surface area (Å²) in [6.07, 6.45) is 2.23. The Morgan fingerprint density at radius 1 is 0.628 bits per heavy atom. The second kappa shape index (κ2) is 12.8. The molecule has 0 aromatic carbocycles. The number of aryl methyl sites for hydroxylation is 4. The summed E-state index contributed by atoms with van der Waals surface area (Å²) in [5.41, 5.74) is 14.3. The third kappa shape index (κ3) is 6.16. The van der Waals surface area contributed by atoms with Crippen molar-refractivity contribution in [1.82, 2.24) is 19.9 Å². The standard InChI is InChI=1S/C34H38N4O4.Pt/c1-7-21-17(3)25-13-26-19(5)23(9-11-33(39)40)31(37-26)16-32-24(10-12-34(41)42)20(6)28(38-32)15-30-22(8-2)18(4)27(36-30)14-29(21)35-25;/h13-16H,7-12H2,1-6H3,(H4,35,36,37,38,39,40,41,42);/q;+2/p-2. The van der Waals surface area contributed by atoms with Crippen molar-refractivity contribution in [2.75, 3.05) is 0 Å². The van der Waals surface area contributed by atoms with Gasteiger partial charge in [-0.05, 0) is 81.7 Å². The van der Waals surface area contributed by atoms with Gasteiger partial charge in [0.1, 0.15) is 0 Å². The van der Waals surface area contributed by atoms with Gasteiger partial charge in [0.05, 0.1) is 22.8 Å². The fourth-order valence-corrected chi connectivity index (χ4v) is 6.06. The smallest absolute Gasteiger partial charge is 0.657 e. The van der Waals surface area contributed by atoms with Crippen molar-refractivity contribution >= 4 is 56.3 Å². The quantitative estimate of drug-likeness (QED) is 0.254. The second-order valence-electron chi connectivity index (χ2n) is 11.0. The average molecular weight is 760 g/mol. The van der Waals surface area contributed by atoms with E-state index in [1.165, 1.54) is 5.57 Å². The Balaban J connectivity index is 0.00000423. The summed E-state index contributed by atoms with van der Waals surface area (Å²) < 4.78 is 0. The van der Waals surface area contributed by atoms with Gasteiger partial charge in [-0.2, -0.15) is 0 Å². The molecule has 9 heteroatoms. The molecular weight excluding hydrogens is 723 g/mol. The van der Waals surface area contributed by atoms with Gasteiger partial charge >= 0.3 is 33.0 Å². The van der Waals surface area contributed by atoms with Crippen molar-refractivity contribution < 1.29 is 40.9 Å². The first kappa shape index (κ1) is 32.1. The second-order valence-corrected chi connectivity index (χ2v) is 11.0. The molecule has 0 atom stereocenters. The molecule has 2 aliphatic rings. The van der Waals surface area contributed by atoms with E-state index in [0.29, 0.717) is 23.9 Å². The number of aromatic nitrogens is 4. The number of nitrogens with zero attached hydrogens (tertiary/aromatic N) is 4. The first-order chi connectivity index (χ1) is 20.0. The molecule has 0 radical (unpaired) electrons. The van der Waals surface area contributed by atoms with E-state index in [4.69, 9.17) is 19.9 Å². The number of allylic oxidation sites excluding steroid dienone is 4. The molecule has 2 N–H and O–H groups in total. The van der Waals surface area contributed by atoms with Crippen LogP contribution in [0.4, 0.5) is 0 Å². The molecule has 3 aromatic heterocycles. The average Bonchev–Trinajstić information content (AvgIpc) is 3.59. The summed E-state index contributed by atoms with van der Waals surface area (Å²) in [5, 5.41) is 18.9. The number of hydrogen-bond acceptors (Lipinski definition) is 4. The molecule has 0 spiro atoms. The first-order valence-corrected chi connectivity index (χ1v) is 14.5. The van der Waals surface area contributed by atoms with Gasteiger partial charge in [0, 0.05) is 12.8 Å². The van der Waals surface area contributed by atoms with E-state index in [1.807, 2.05) is 32.0 Å². The summed E-state index contributed by atoms with van der Waals surface area (Å²) in [6, 6.07) is 7.93. The molecule has 0 fully saturated rings. The Morgan fingerprint density at radius 2 is 1.02 bits per heavy atom. The molecule has 0 aliphatic carbocycles. The molecule has 3 aromatic rings. The number of carboxylic acid groups (broad SMARTS) is 2. The van der Waals surface area contributed by atoms with Crippen molar-refractivity contribution in [1.29, 1.82) is 0 Å². The third-order valence-electron chi connectivity index (χ3n) is 8.53. The molecule has 0 saturated carbocycles. The van der Waals surface area contributed by atoms with Crippen molar-refractivity contribution in [2.24, 2.45) is 0 Å². The SMILES string of the molecule is CCC1=C(C)c2cc3[n-]c(cc4[n-]c(cc5nc(cc1n2)C(C)=C5CC)c(C)c4CCC(=O)O)c(CCC(=O)O)c3C.[Pt+2]. The number of carbonyl (C=O) groups is 2. The van der Waals surface area contributed by atoms with Gasteiger partial charge in [-0.1, -0.05) is 54.3 Å². The zero-order valence-electron chi connectivity index (χ0n) is 25.4. The Kier molecular flexibility index (Phi) is 9.60. The normalized spacial score (nSPS) is 13.0. The van der Waals surface area contributed by atoms with Crippen LogP contribution in [0, 0.1) is 13.8 Å². The van der Waals surface area contributed by atoms with E-state index in [9.17, 15) is 19.8 Å². The molecular formula is C34H36N4O4Pt. The largest absolute Gasteiger partial charge is 2.00 e. The summed E-state index contributed by atoms with van der Waals surface area (Å²) in [5.74, 6) is -1.76. The summed E-state index contributed by atoms with van der Waals surface area (Å²) in [4.78, 5) is 43.1. The molecule has 5 rings (SSSR count). The predicted octanol–water partition coefficient (Wildman–Crippen LogP) is 6.90. The van der Waals surface area contributed by atoms with Crippen LogP contribution in [0.5, 0.6) is 0 Å². The van der Waals surface area contributed by atoms with E-state index >= 15 is 0 Å². The van der Waals surface area contributed by atoms with Gasteiger partial charge in [0.2, 0.25) is 0 Å². The maximum absolute atomic E-state index is 11.5. The molecule has 0 saturated heterocycles. The Morgan fingerprint density at radius 3 is 1.44 bits per heavy atom. The number of fused-ring (bicyclic) bond motifs is 8. The Bertz CT molecular complexity index is 1860. The molecule has 0 amide bonds. The van der Waals surface area contributed by atoms with Crippen LogP contribution in [-0.2, 0) is 43.5 Å². The van der Waals surface area contributed by atoms with E-state index in [1.54, 1.807) is 0 Å². The minimum Gasteiger partial charge on any atom is -0.657 e. The van der Waals surface area contributed by atoms with Gasteiger partial charge < -0.3 is 20.2 Å². The topological polar surface area (TPSA) is 129 Å². The van der Waals surface area contributed by atoms with Crippen molar-refractivity contribution in [3.63, 3.8) is 0 Å².